The lowest BCUT2D eigenvalue weighted by molar-refractivity contribution is 0.451. The minimum atomic E-state index is -3.82. The molecule has 0 bridgehead atoms. The zero-order valence-corrected chi connectivity index (χ0v) is 21.9. The van der Waals surface area contributed by atoms with Gasteiger partial charge in [0.25, 0.3) is 10.0 Å². The van der Waals surface area contributed by atoms with Crippen LogP contribution in [0.15, 0.2) is 53.8 Å². The molecule has 10 nitrogen and oxygen atoms in total. The number of aromatic nitrogens is 6. The molecule has 4 aromatic heterocycles. The lowest BCUT2D eigenvalue weighted by Gasteiger charge is -2.16. The number of fused-ring (bicyclic) bond motifs is 3. The Morgan fingerprint density at radius 1 is 1.14 bits per heavy atom. The van der Waals surface area contributed by atoms with Crippen LogP contribution in [0, 0.1) is 24.2 Å². The number of hydrogen-bond donors (Lipinski definition) is 1. The SMILES string of the molecule is CC[C@@H]1C[C@H](Nc2ncc(C#N)s2)C[C@@H]1c1nnc2cnc3c(ccn3S(=O)(=O)c3ccc(C)cc3)n12. The molecule has 37 heavy (non-hydrogen) atoms. The summed E-state index contributed by atoms with van der Waals surface area (Å²) in [6, 6.07) is 10.9. The first kappa shape index (κ1) is 23.6. The molecule has 0 spiro atoms. The normalized spacial score (nSPS) is 20.0. The minimum Gasteiger partial charge on any atom is -0.359 e. The summed E-state index contributed by atoms with van der Waals surface area (Å²) in [6.45, 7) is 4.09. The number of nitrogens with one attached hydrogen (secondary N) is 1. The summed E-state index contributed by atoms with van der Waals surface area (Å²) < 4.78 is 30.0. The molecule has 0 radical (unpaired) electrons. The molecule has 4 heterocycles. The second-order valence-electron chi connectivity index (χ2n) is 9.38. The average Bonchev–Trinajstić information content (AvgIpc) is 3.68. The summed E-state index contributed by atoms with van der Waals surface area (Å²) in [7, 11) is -3.82. The van der Waals surface area contributed by atoms with Crippen LogP contribution in [0.1, 0.15) is 48.4 Å². The molecule has 0 unspecified atom stereocenters. The molecule has 1 fully saturated rings. The van der Waals surface area contributed by atoms with Gasteiger partial charge in [-0.1, -0.05) is 42.4 Å². The van der Waals surface area contributed by atoms with E-state index in [1.165, 1.54) is 15.3 Å². The molecule has 6 rings (SSSR count). The zero-order valence-electron chi connectivity index (χ0n) is 20.2. The molecular weight excluding hydrogens is 508 g/mol. The van der Waals surface area contributed by atoms with Gasteiger partial charge in [0, 0.05) is 18.2 Å². The van der Waals surface area contributed by atoms with Crippen molar-refractivity contribution in [3.8, 4) is 6.07 Å². The van der Waals surface area contributed by atoms with Crippen molar-refractivity contribution in [1.29, 1.82) is 5.26 Å². The summed E-state index contributed by atoms with van der Waals surface area (Å²) >= 11 is 1.35. The monoisotopic (exact) mass is 532 g/mol. The molecule has 0 amide bonds. The van der Waals surface area contributed by atoms with Gasteiger partial charge in [0.05, 0.1) is 22.8 Å². The summed E-state index contributed by atoms with van der Waals surface area (Å²) in [5.74, 6) is 1.29. The van der Waals surface area contributed by atoms with Crippen molar-refractivity contribution in [1.82, 2.24) is 28.5 Å². The lowest BCUT2D eigenvalue weighted by Crippen LogP contribution is -2.15. The summed E-state index contributed by atoms with van der Waals surface area (Å²) in [6.07, 6.45) is 7.44. The van der Waals surface area contributed by atoms with Gasteiger partial charge in [-0.15, -0.1) is 10.2 Å². The third-order valence-corrected chi connectivity index (χ3v) is 9.65. The number of nitrogens with zero attached hydrogens (tertiary/aromatic N) is 7. The second kappa shape index (κ2) is 8.93. The molecule has 1 aliphatic rings. The molecule has 1 saturated carbocycles. The molecule has 5 aromatic rings. The van der Waals surface area contributed by atoms with E-state index < -0.39 is 10.0 Å². The van der Waals surface area contributed by atoms with Crippen LogP contribution in [0.5, 0.6) is 0 Å². The third kappa shape index (κ3) is 3.95. The van der Waals surface area contributed by atoms with Crippen LogP contribution in [0.25, 0.3) is 16.8 Å². The van der Waals surface area contributed by atoms with E-state index in [0.717, 1.165) is 35.8 Å². The van der Waals surface area contributed by atoms with E-state index >= 15 is 0 Å². The van der Waals surface area contributed by atoms with E-state index in [9.17, 15) is 8.42 Å². The Bertz CT molecular complexity index is 1760. The highest BCUT2D eigenvalue weighted by Gasteiger charge is 2.38. The Morgan fingerprint density at radius 2 is 1.95 bits per heavy atom. The van der Waals surface area contributed by atoms with Crippen molar-refractivity contribution < 1.29 is 8.42 Å². The Labute approximate surface area is 217 Å². The van der Waals surface area contributed by atoms with E-state index in [4.69, 9.17) is 5.26 Å². The molecule has 1 N–H and O–H groups in total. The van der Waals surface area contributed by atoms with Gasteiger partial charge in [-0.3, -0.25) is 4.40 Å². The summed E-state index contributed by atoms with van der Waals surface area (Å²) in [4.78, 5) is 9.56. The quantitative estimate of drug-likeness (QED) is 0.342. The number of thiazole rings is 1. The van der Waals surface area contributed by atoms with Gasteiger partial charge >= 0.3 is 0 Å². The topological polar surface area (TPSA) is 131 Å². The first-order chi connectivity index (χ1) is 17.9. The zero-order chi connectivity index (χ0) is 25.7. The van der Waals surface area contributed by atoms with Gasteiger partial charge in [-0.05, 0) is 43.9 Å². The van der Waals surface area contributed by atoms with Crippen LogP contribution in [0.3, 0.4) is 0 Å². The standard InChI is InChI=1S/C25H24N8O2S2/c1-3-16-10-17(29-25-28-13-18(12-26)36-25)11-20(16)23-31-30-22-14-27-24-21(33(22)23)8-9-32(24)37(34,35)19-6-4-15(2)5-7-19/h4-9,13-14,16-17,20H,3,10-11H2,1-2H3,(H,28,29)/t16-,17+,20+/m1/s1. The van der Waals surface area contributed by atoms with Crippen LogP contribution in [-0.4, -0.2) is 43.0 Å². The highest BCUT2D eigenvalue weighted by Crippen LogP contribution is 2.42. The van der Waals surface area contributed by atoms with Crippen molar-refractivity contribution in [2.45, 2.75) is 50.0 Å². The van der Waals surface area contributed by atoms with Crippen LogP contribution in [0.4, 0.5) is 5.13 Å². The van der Waals surface area contributed by atoms with E-state index in [1.807, 2.05) is 11.3 Å². The lowest BCUT2D eigenvalue weighted by atomic mass is 9.93. The van der Waals surface area contributed by atoms with Crippen molar-refractivity contribution in [3.63, 3.8) is 0 Å². The molecule has 12 heteroatoms. The van der Waals surface area contributed by atoms with Crippen LogP contribution in [-0.2, 0) is 10.0 Å². The first-order valence-corrected chi connectivity index (χ1v) is 14.3. The average molecular weight is 533 g/mol. The summed E-state index contributed by atoms with van der Waals surface area (Å²) in [5, 5.41) is 22.3. The fourth-order valence-electron chi connectivity index (χ4n) is 5.29. The van der Waals surface area contributed by atoms with Gasteiger partial charge in [0.2, 0.25) is 0 Å². The summed E-state index contributed by atoms with van der Waals surface area (Å²) in [5.41, 5.74) is 2.55. The van der Waals surface area contributed by atoms with Gasteiger partial charge in [0.1, 0.15) is 16.8 Å². The fourth-order valence-corrected chi connectivity index (χ4v) is 7.27. The van der Waals surface area contributed by atoms with Gasteiger partial charge in [-0.2, -0.15) is 5.26 Å². The Kier molecular flexibility index (Phi) is 5.69. The fraction of sp³-hybridized carbons (Fsp3) is 0.320. The molecule has 1 aromatic carbocycles. The number of benzene rings is 1. The van der Waals surface area contributed by atoms with Crippen molar-refractivity contribution in [3.05, 3.63) is 65.2 Å². The number of nitriles is 1. The molecule has 0 aliphatic heterocycles. The van der Waals surface area contributed by atoms with Crippen molar-refractivity contribution in [2.75, 3.05) is 5.32 Å². The predicted octanol–water partition coefficient (Wildman–Crippen LogP) is 4.34. The molecule has 188 valence electrons. The third-order valence-electron chi connectivity index (χ3n) is 7.13. The van der Waals surface area contributed by atoms with Crippen molar-refractivity contribution in [2.24, 2.45) is 5.92 Å². The van der Waals surface area contributed by atoms with Crippen LogP contribution in [0.2, 0.25) is 0 Å². The Hall–Kier alpha value is -3.82. The number of rotatable bonds is 6. The number of hydrogen-bond acceptors (Lipinski definition) is 9. The van der Waals surface area contributed by atoms with Crippen LogP contribution >= 0.6 is 11.3 Å². The van der Waals surface area contributed by atoms with Gasteiger partial charge in [-0.25, -0.2) is 22.4 Å². The van der Waals surface area contributed by atoms with Crippen molar-refractivity contribution >= 4 is 43.3 Å². The maximum atomic E-state index is 13.4. The maximum absolute atomic E-state index is 13.4. The minimum absolute atomic E-state index is 0.121. The Balaban J connectivity index is 1.38. The maximum Gasteiger partial charge on any atom is 0.269 e. The Morgan fingerprint density at radius 3 is 2.68 bits per heavy atom. The van der Waals surface area contributed by atoms with Crippen LogP contribution < -0.4 is 5.32 Å². The van der Waals surface area contributed by atoms with E-state index in [0.29, 0.717) is 27.6 Å². The van der Waals surface area contributed by atoms with Gasteiger partial charge < -0.3 is 5.32 Å². The first-order valence-electron chi connectivity index (χ1n) is 12.0. The number of anilines is 1. The molecular formula is C25H24N8O2S2. The van der Waals surface area contributed by atoms with Gasteiger partial charge in [0.15, 0.2) is 16.4 Å². The van der Waals surface area contributed by atoms with E-state index in [1.54, 1.807) is 48.9 Å². The predicted molar refractivity (Wildman–Crippen MR) is 140 cm³/mol. The molecule has 1 aliphatic carbocycles. The molecule has 3 atom stereocenters. The highest BCUT2D eigenvalue weighted by molar-refractivity contribution is 7.90. The van der Waals surface area contributed by atoms with E-state index in [2.05, 4.69) is 38.5 Å². The highest BCUT2D eigenvalue weighted by atomic mass is 32.2. The number of aryl methyl sites for hydroxylation is 1. The smallest absolute Gasteiger partial charge is 0.269 e. The largest absolute Gasteiger partial charge is 0.359 e. The second-order valence-corrected chi connectivity index (χ2v) is 12.2. The molecule has 0 saturated heterocycles. The van der Waals surface area contributed by atoms with E-state index in [-0.39, 0.29) is 16.9 Å².